The Morgan fingerprint density at radius 1 is 1.19 bits per heavy atom. The molecule has 0 saturated heterocycles. The quantitative estimate of drug-likeness (QED) is 0.660. The molecule has 140 valence electrons. The molecule has 0 bridgehead atoms. The first-order valence-electron chi connectivity index (χ1n) is 9.57. The van der Waals surface area contributed by atoms with Crippen LogP contribution in [0.1, 0.15) is 50.9 Å². The predicted octanol–water partition coefficient (Wildman–Crippen LogP) is 3.88. The van der Waals surface area contributed by atoms with Crippen LogP contribution in [0.2, 0.25) is 0 Å². The number of fused-ring (bicyclic) bond motifs is 1. The van der Waals surface area contributed by atoms with Crippen LogP contribution in [0.5, 0.6) is 0 Å². The van der Waals surface area contributed by atoms with Gasteiger partial charge in [-0.3, -0.25) is 4.79 Å². The molecule has 1 N–H and O–H groups in total. The zero-order valence-electron chi connectivity index (χ0n) is 15.6. The Kier molecular flexibility index (Phi) is 5.34. The van der Waals surface area contributed by atoms with Gasteiger partial charge < -0.3 is 5.32 Å². The lowest BCUT2D eigenvalue weighted by molar-refractivity contribution is 0.0953. The van der Waals surface area contributed by atoms with Crippen LogP contribution in [0.4, 0.5) is 0 Å². The van der Waals surface area contributed by atoms with Crippen molar-refractivity contribution in [1.82, 2.24) is 20.1 Å². The number of rotatable bonds is 6. The summed E-state index contributed by atoms with van der Waals surface area (Å²) in [7, 11) is 0. The van der Waals surface area contributed by atoms with E-state index in [1.165, 1.54) is 34.8 Å². The zero-order valence-corrected chi connectivity index (χ0v) is 16.4. The molecule has 0 spiro atoms. The van der Waals surface area contributed by atoms with Crippen molar-refractivity contribution in [1.29, 1.82) is 0 Å². The van der Waals surface area contributed by atoms with Crippen LogP contribution >= 0.6 is 11.3 Å². The molecule has 0 unspecified atom stereocenters. The van der Waals surface area contributed by atoms with Gasteiger partial charge in [0.05, 0.1) is 16.4 Å². The molecule has 4 rings (SSSR count). The minimum atomic E-state index is -0.0304. The second-order valence-corrected chi connectivity index (χ2v) is 8.14. The minimum absolute atomic E-state index is 0.0304. The van der Waals surface area contributed by atoms with E-state index in [0.717, 1.165) is 30.6 Å². The molecular weight excluding hydrogens is 356 g/mol. The van der Waals surface area contributed by atoms with Crippen molar-refractivity contribution in [2.45, 2.75) is 45.4 Å². The minimum Gasteiger partial charge on any atom is -0.352 e. The SMILES string of the molecule is Cc1ccnn1-c1ccc(C(=O)NCCCc2nc3c(s2)CCCC3)cc1. The van der Waals surface area contributed by atoms with E-state index in [-0.39, 0.29) is 5.91 Å². The lowest BCUT2D eigenvalue weighted by Crippen LogP contribution is -2.24. The number of carbonyl (C=O) groups is 1. The largest absolute Gasteiger partial charge is 0.352 e. The van der Waals surface area contributed by atoms with Crippen molar-refractivity contribution in [3.63, 3.8) is 0 Å². The summed E-state index contributed by atoms with van der Waals surface area (Å²) in [6, 6.07) is 9.50. The van der Waals surface area contributed by atoms with Gasteiger partial charge in [-0.2, -0.15) is 5.10 Å². The van der Waals surface area contributed by atoms with E-state index in [4.69, 9.17) is 4.98 Å². The average molecular weight is 381 g/mol. The van der Waals surface area contributed by atoms with Crippen LogP contribution in [0.3, 0.4) is 0 Å². The Bertz CT molecular complexity index is 903. The van der Waals surface area contributed by atoms with Gasteiger partial charge in [0.25, 0.3) is 5.91 Å². The Balaban J connectivity index is 1.27. The summed E-state index contributed by atoms with van der Waals surface area (Å²) in [6.07, 6.45) is 8.52. The highest BCUT2D eigenvalue weighted by molar-refractivity contribution is 7.11. The van der Waals surface area contributed by atoms with Crippen LogP contribution in [-0.2, 0) is 19.3 Å². The number of aromatic nitrogens is 3. The summed E-state index contributed by atoms with van der Waals surface area (Å²) in [6.45, 7) is 2.68. The van der Waals surface area contributed by atoms with Crippen LogP contribution in [0.15, 0.2) is 36.5 Å². The molecule has 1 aliphatic rings. The lowest BCUT2D eigenvalue weighted by Gasteiger charge is -2.07. The van der Waals surface area contributed by atoms with Crippen molar-refractivity contribution >= 4 is 17.2 Å². The van der Waals surface area contributed by atoms with E-state index >= 15 is 0 Å². The molecule has 0 aliphatic heterocycles. The Morgan fingerprint density at radius 3 is 2.74 bits per heavy atom. The van der Waals surface area contributed by atoms with Gasteiger partial charge in [0, 0.05) is 35.3 Å². The first-order valence-corrected chi connectivity index (χ1v) is 10.4. The standard InChI is InChI=1S/C21H24N4OS/c1-15-12-14-23-25(15)17-10-8-16(9-11-17)21(26)22-13-4-7-20-24-18-5-2-3-6-19(18)27-20/h8-12,14H,2-7,13H2,1H3,(H,22,26). The van der Waals surface area contributed by atoms with Crippen molar-refractivity contribution < 1.29 is 4.79 Å². The van der Waals surface area contributed by atoms with Gasteiger partial charge in [-0.15, -0.1) is 11.3 Å². The first-order chi connectivity index (χ1) is 13.2. The summed E-state index contributed by atoms with van der Waals surface area (Å²) in [5.41, 5.74) is 4.02. The maximum atomic E-state index is 12.3. The van der Waals surface area contributed by atoms with E-state index in [9.17, 15) is 4.79 Å². The summed E-state index contributed by atoms with van der Waals surface area (Å²) < 4.78 is 1.86. The topological polar surface area (TPSA) is 59.8 Å². The normalized spacial score (nSPS) is 13.4. The van der Waals surface area contributed by atoms with Gasteiger partial charge in [-0.1, -0.05) is 0 Å². The highest BCUT2D eigenvalue weighted by Gasteiger charge is 2.14. The maximum absolute atomic E-state index is 12.3. The number of amides is 1. The van der Waals surface area contributed by atoms with Crippen LogP contribution in [0, 0.1) is 6.92 Å². The lowest BCUT2D eigenvalue weighted by atomic mass is 10.0. The molecule has 3 aromatic rings. The monoisotopic (exact) mass is 380 g/mol. The molecule has 1 amide bonds. The summed E-state index contributed by atoms with van der Waals surface area (Å²) in [4.78, 5) is 18.6. The number of nitrogens with one attached hydrogen (secondary N) is 1. The van der Waals surface area contributed by atoms with Gasteiger partial charge in [-0.05, 0) is 69.4 Å². The molecule has 1 aromatic carbocycles. The fourth-order valence-electron chi connectivity index (χ4n) is 3.45. The number of carbonyl (C=O) groups excluding carboxylic acids is 1. The molecule has 1 aliphatic carbocycles. The molecule has 2 heterocycles. The molecular formula is C21H24N4OS. The second-order valence-electron chi connectivity index (χ2n) is 6.98. The van der Waals surface area contributed by atoms with Crippen LogP contribution in [0.25, 0.3) is 5.69 Å². The van der Waals surface area contributed by atoms with Crippen molar-refractivity contribution in [2.24, 2.45) is 0 Å². The number of nitrogens with zero attached hydrogens (tertiary/aromatic N) is 3. The Morgan fingerprint density at radius 2 is 2.00 bits per heavy atom. The van der Waals surface area contributed by atoms with Crippen LogP contribution < -0.4 is 5.32 Å². The molecule has 6 heteroatoms. The highest BCUT2D eigenvalue weighted by atomic mass is 32.1. The van der Waals surface area contributed by atoms with E-state index < -0.39 is 0 Å². The summed E-state index contributed by atoms with van der Waals surface area (Å²) >= 11 is 1.86. The van der Waals surface area contributed by atoms with E-state index in [2.05, 4.69) is 10.4 Å². The maximum Gasteiger partial charge on any atom is 0.251 e. The number of thiazole rings is 1. The highest BCUT2D eigenvalue weighted by Crippen LogP contribution is 2.27. The van der Waals surface area contributed by atoms with Gasteiger partial charge in [0.1, 0.15) is 0 Å². The fourth-order valence-corrected chi connectivity index (χ4v) is 4.65. The number of aryl methyl sites for hydroxylation is 4. The van der Waals surface area contributed by atoms with Gasteiger partial charge in [0.15, 0.2) is 0 Å². The fraction of sp³-hybridized carbons (Fsp3) is 0.381. The second kappa shape index (κ2) is 8.05. The Hall–Kier alpha value is -2.47. The summed E-state index contributed by atoms with van der Waals surface area (Å²) in [5, 5.41) is 8.51. The third-order valence-electron chi connectivity index (χ3n) is 4.95. The molecule has 27 heavy (non-hydrogen) atoms. The number of hydrogen-bond donors (Lipinski definition) is 1. The summed E-state index contributed by atoms with van der Waals surface area (Å²) in [5.74, 6) is -0.0304. The zero-order chi connectivity index (χ0) is 18.6. The molecule has 0 radical (unpaired) electrons. The van der Waals surface area contributed by atoms with Crippen LogP contribution in [-0.4, -0.2) is 27.2 Å². The molecule has 5 nitrogen and oxygen atoms in total. The Labute approximate surface area is 163 Å². The molecule has 0 atom stereocenters. The molecule has 0 saturated carbocycles. The average Bonchev–Trinajstić information content (AvgIpc) is 3.30. The smallest absolute Gasteiger partial charge is 0.251 e. The van der Waals surface area contributed by atoms with Gasteiger partial charge >= 0.3 is 0 Å². The first kappa shape index (κ1) is 17.9. The number of hydrogen-bond acceptors (Lipinski definition) is 4. The predicted molar refractivity (Wildman–Crippen MR) is 108 cm³/mol. The van der Waals surface area contributed by atoms with E-state index in [0.29, 0.717) is 12.1 Å². The van der Waals surface area contributed by atoms with Gasteiger partial charge in [-0.25, -0.2) is 9.67 Å². The third-order valence-corrected chi connectivity index (χ3v) is 6.17. The van der Waals surface area contributed by atoms with Crippen molar-refractivity contribution in [2.75, 3.05) is 6.54 Å². The third kappa shape index (κ3) is 4.11. The van der Waals surface area contributed by atoms with Gasteiger partial charge in [0.2, 0.25) is 0 Å². The number of benzene rings is 1. The van der Waals surface area contributed by atoms with Crippen molar-refractivity contribution in [3.05, 3.63) is 63.4 Å². The van der Waals surface area contributed by atoms with E-state index in [1.54, 1.807) is 6.20 Å². The van der Waals surface area contributed by atoms with E-state index in [1.807, 2.05) is 53.3 Å². The molecule has 0 fully saturated rings. The van der Waals surface area contributed by atoms with Crippen molar-refractivity contribution in [3.8, 4) is 5.69 Å². The molecule has 2 aromatic heterocycles.